The number of pyridine rings is 2. The fraction of sp³-hybridized carbons (Fsp3) is 0.0370. The maximum atomic E-state index is 10.3. The van der Waals surface area contributed by atoms with Crippen molar-refractivity contribution in [2.45, 2.75) is 0 Å². The number of phenols is 1. The molecule has 5 heteroatoms. The second kappa shape index (κ2) is 7.10. The van der Waals surface area contributed by atoms with E-state index in [1.807, 2.05) is 54.7 Å². The van der Waals surface area contributed by atoms with Gasteiger partial charge in [-0.05, 0) is 48.5 Å². The molecule has 3 aromatic carbocycles. The fourth-order valence-electron chi connectivity index (χ4n) is 4.37. The number of aromatic hydroxyl groups is 1. The van der Waals surface area contributed by atoms with Gasteiger partial charge in [-0.15, -0.1) is 0 Å². The van der Waals surface area contributed by atoms with Crippen LogP contribution in [0, 0.1) is 0 Å². The Morgan fingerprint density at radius 3 is 2.38 bits per heavy atom. The molecule has 0 saturated carbocycles. The summed E-state index contributed by atoms with van der Waals surface area (Å²) in [4.78, 5) is 13.8. The zero-order valence-electron chi connectivity index (χ0n) is 17.5. The van der Waals surface area contributed by atoms with Gasteiger partial charge >= 0.3 is 0 Å². The summed E-state index contributed by atoms with van der Waals surface area (Å²) in [6.07, 6.45) is 1.81. The molecule has 0 unspecified atom stereocenters. The maximum Gasteiger partial charge on any atom is 0.141 e. The molecule has 0 bridgehead atoms. The lowest BCUT2D eigenvalue weighted by Crippen LogP contribution is -2.24. The maximum absolute atomic E-state index is 10.3. The number of hydrogen-bond acceptors (Lipinski definition) is 5. The summed E-state index contributed by atoms with van der Waals surface area (Å²) in [7, 11) is 2.08. The van der Waals surface area contributed by atoms with Gasteiger partial charge in [0.2, 0.25) is 0 Å². The van der Waals surface area contributed by atoms with Gasteiger partial charge in [0.1, 0.15) is 17.1 Å². The molecule has 3 heterocycles. The predicted molar refractivity (Wildman–Crippen MR) is 129 cm³/mol. The summed E-state index contributed by atoms with van der Waals surface area (Å²) in [5.41, 5.74) is 6.69. The second-order valence-electron chi connectivity index (χ2n) is 7.82. The van der Waals surface area contributed by atoms with Crippen molar-refractivity contribution in [3.8, 4) is 17.0 Å². The monoisotopic (exact) mass is 416 g/mol. The highest BCUT2D eigenvalue weighted by Crippen LogP contribution is 2.50. The Morgan fingerprint density at radius 1 is 0.719 bits per heavy atom. The predicted octanol–water partition coefficient (Wildman–Crippen LogP) is 6.55. The van der Waals surface area contributed by atoms with E-state index in [9.17, 15) is 5.11 Å². The van der Waals surface area contributed by atoms with Crippen LogP contribution in [0.2, 0.25) is 0 Å². The molecule has 1 aliphatic rings. The van der Waals surface area contributed by atoms with E-state index >= 15 is 0 Å². The molecule has 0 amide bonds. The number of hydrogen-bond donors (Lipinski definition) is 1. The first kappa shape index (κ1) is 18.4. The van der Waals surface area contributed by atoms with Crippen LogP contribution < -0.4 is 9.80 Å². The molecule has 0 saturated heterocycles. The molecule has 2 aromatic heterocycles. The van der Waals surface area contributed by atoms with Gasteiger partial charge < -0.3 is 10.0 Å². The Morgan fingerprint density at radius 2 is 1.53 bits per heavy atom. The topological polar surface area (TPSA) is 52.5 Å². The van der Waals surface area contributed by atoms with Gasteiger partial charge in [0, 0.05) is 24.2 Å². The lowest BCUT2D eigenvalue weighted by atomic mass is 10.0. The summed E-state index contributed by atoms with van der Waals surface area (Å²) >= 11 is 0. The number of anilines is 5. The van der Waals surface area contributed by atoms with E-state index < -0.39 is 0 Å². The highest BCUT2D eigenvalue weighted by Gasteiger charge is 2.28. The van der Waals surface area contributed by atoms with Crippen molar-refractivity contribution < 1.29 is 5.11 Å². The SMILES string of the molecule is CN1c2ccccc2N(c2ccccn2)c2cc(-c3ccc4cccc(O)c4n3)ccc21. The molecule has 0 atom stereocenters. The Bertz CT molecular complexity index is 1470. The van der Waals surface area contributed by atoms with Crippen molar-refractivity contribution in [3.05, 3.63) is 97.2 Å². The van der Waals surface area contributed by atoms with E-state index in [1.54, 1.807) is 6.07 Å². The van der Waals surface area contributed by atoms with Crippen LogP contribution in [0.3, 0.4) is 0 Å². The molecule has 5 aromatic rings. The number of aromatic nitrogens is 2. The van der Waals surface area contributed by atoms with E-state index in [0.717, 1.165) is 45.2 Å². The van der Waals surface area contributed by atoms with E-state index in [0.29, 0.717) is 5.52 Å². The van der Waals surface area contributed by atoms with Gasteiger partial charge in [-0.2, -0.15) is 0 Å². The minimum Gasteiger partial charge on any atom is -0.506 e. The molecular weight excluding hydrogens is 396 g/mol. The van der Waals surface area contributed by atoms with Crippen LogP contribution in [0.5, 0.6) is 5.75 Å². The van der Waals surface area contributed by atoms with Crippen LogP contribution in [0.15, 0.2) is 97.2 Å². The molecule has 0 spiro atoms. The van der Waals surface area contributed by atoms with Crippen LogP contribution in [-0.2, 0) is 0 Å². The van der Waals surface area contributed by atoms with Gasteiger partial charge in [-0.1, -0.05) is 42.5 Å². The Kier molecular flexibility index (Phi) is 4.08. The number of para-hydroxylation sites is 3. The zero-order valence-corrected chi connectivity index (χ0v) is 17.5. The van der Waals surface area contributed by atoms with E-state index in [1.165, 1.54) is 0 Å². The summed E-state index contributed by atoms with van der Waals surface area (Å²) in [5.74, 6) is 1.04. The minimum absolute atomic E-state index is 0.186. The standard InChI is InChI=1S/C27H20N4O/c1-30-21-8-2-3-9-23(21)31(26-11-4-5-16-28-26)24-17-19(13-15-22(24)30)20-14-12-18-7-6-10-25(32)27(18)29-20/h2-17,32H,1H3. The molecule has 6 rings (SSSR count). The third kappa shape index (κ3) is 2.79. The first-order valence-corrected chi connectivity index (χ1v) is 10.5. The number of benzene rings is 3. The lowest BCUT2D eigenvalue weighted by Gasteiger charge is -2.38. The third-order valence-electron chi connectivity index (χ3n) is 5.93. The number of phenolic OH excluding ortho intramolecular Hbond substituents is 1. The lowest BCUT2D eigenvalue weighted by molar-refractivity contribution is 0.480. The van der Waals surface area contributed by atoms with Crippen molar-refractivity contribution >= 4 is 39.5 Å². The van der Waals surface area contributed by atoms with Crippen molar-refractivity contribution in [1.29, 1.82) is 0 Å². The molecule has 1 aliphatic heterocycles. The van der Waals surface area contributed by atoms with E-state index in [-0.39, 0.29) is 5.75 Å². The highest BCUT2D eigenvalue weighted by molar-refractivity contribution is 5.98. The van der Waals surface area contributed by atoms with Crippen LogP contribution in [-0.4, -0.2) is 22.1 Å². The summed E-state index contributed by atoms with van der Waals surface area (Å²) < 4.78 is 0. The molecular formula is C27H20N4O. The van der Waals surface area contributed by atoms with Gasteiger partial charge in [-0.25, -0.2) is 9.97 Å². The molecule has 0 aliphatic carbocycles. The van der Waals surface area contributed by atoms with Crippen LogP contribution in [0.25, 0.3) is 22.2 Å². The van der Waals surface area contributed by atoms with E-state index in [4.69, 9.17) is 4.98 Å². The normalized spacial score (nSPS) is 12.5. The van der Waals surface area contributed by atoms with Gasteiger partial charge in [0.25, 0.3) is 0 Å². The van der Waals surface area contributed by atoms with Crippen LogP contribution in [0.4, 0.5) is 28.6 Å². The Balaban J connectivity index is 1.56. The van der Waals surface area contributed by atoms with E-state index in [2.05, 4.69) is 58.2 Å². The van der Waals surface area contributed by atoms with Gasteiger partial charge in [0.05, 0.1) is 28.4 Å². The third-order valence-corrected chi connectivity index (χ3v) is 5.93. The molecule has 1 N–H and O–H groups in total. The second-order valence-corrected chi connectivity index (χ2v) is 7.82. The van der Waals surface area contributed by atoms with Crippen LogP contribution >= 0.6 is 0 Å². The quantitative estimate of drug-likeness (QED) is 0.353. The van der Waals surface area contributed by atoms with Crippen molar-refractivity contribution in [1.82, 2.24) is 9.97 Å². The fourth-order valence-corrected chi connectivity index (χ4v) is 4.37. The van der Waals surface area contributed by atoms with Crippen molar-refractivity contribution in [2.75, 3.05) is 16.8 Å². The highest BCUT2D eigenvalue weighted by atomic mass is 16.3. The number of nitrogens with zero attached hydrogens (tertiary/aromatic N) is 4. The Labute approximate surface area is 185 Å². The first-order valence-electron chi connectivity index (χ1n) is 10.5. The Hall–Kier alpha value is -4.38. The van der Waals surface area contributed by atoms with Crippen molar-refractivity contribution in [2.24, 2.45) is 0 Å². The average Bonchev–Trinajstić information content (AvgIpc) is 2.85. The first-order chi connectivity index (χ1) is 15.7. The number of fused-ring (bicyclic) bond motifs is 3. The molecule has 0 radical (unpaired) electrons. The summed E-state index contributed by atoms with van der Waals surface area (Å²) in [6.45, 7) is 0. The number of rotatable bonds is 2. The smallest absolute Gasteiger partial charge is 0.141 e. The minimum atomic E-state index is 0.186. The molecule has 32 heavy (non-hydrogen) atoms. The van der Waals surface area contributed by atoms with Gasteiger partial charge in [0.15, 0.2) is 0 Å². The summed E-state index contributed by atoms with van der Waals surface area (Å²) in [6, 6.07) is 30.1. The van der Waals surface area contributed by atoms with Crippen LogP contribution in [0.1, 0.15) is 0 Å². The average molecular weight is 416 g/mol. The zero-order chi connectivity index (χ0) is 21.7. The molecule has 154 valence electrons. The van der Waals surface area contributed by atoms with Gasteiger partial charge in [-0.3, -0.25) is 4.90 Å². The molecule has 5 nitrogen and oxygen atoms in total. The largest absolute Gasteiger partial charge is 0.506 e. The van der Waals surface area contributed by atoms with Crippen molar-refractivity contribution in [3.63, 3.8) is 0 Å². The molecule has 0 fully saturated rings. The summed E-state index contributed by atoms with van der Waals surface area (Å²) in [5, 5.41) is 11.2.